The van der Waals surface area contributed by atoms with Crippen molar-refractivity contribution in [1.29, 1.82) is 0 Å². The van der Waals surface area contributed by atoms with Crippen LogP contribution in [0.15, 0.2) is 12.4 Å². The van der Waals surface area contributed by atoms with Crippen molar-refractivity contribution in [1.82, 2.24) is 9.78 Å². The normalized spacial score (nSPS) is 25.4. The number of hydrogen-bond acceptors (Lipinski definition) is 5. The van der Waals surface area contributed by atoms with Crippen LogP contribution in [0.25, 0.3) is 0 Å². The molecule has 0 radical (unpaired) electrons. The molecule has 3 unspecified atom stereocenters. The Morgan fingerprint density at radius 1 is 1.50 bits per heavy atom. The summed E-state index contributed by atoms with van der Waals surface area (Å²) in [5.41, 5.74) is 6.66. The van der Waals surface area contributed by atoms with E-state index in [1.165, 1.54) is 6.26 Å². The second-order valence-electron chi connectivity index (χ2n) is 5.64. The third-order valence-corrected chi connectivity index (χ3v) is 5.66. The summed E-state index contributed by atoms with van der Waals surface area (Å²) in [5.74, 6) is -0.343. The summed E-state index contributed by atoms with van der Waals surface area (Å²) < 4.78 is 24.9. The van der Waals surface area contributed by atoms with Gasteiger partial charge in [-0.3, -0.25) is 9.48 Å². The zero-order valence-corrected chi connectivity index (χ0v) is 12.6. The van der Waals surface area contributed by atoms with E-state index in [1.807, 2.05) is 0 Å². The molecule has 1 aliphatic rings. The van der Waals surface area contributed by atoms with Gasteiger partial charge in [0.25, 0.3) is 0 Å². The zero-order valence-electron chi connectivity index (χ0n) is 11.8. The summed E-state index contributed by atoms with van der Waals surface area (Å²) in [7, 11) is -1.32. The van der Waals surface area contributed by atoms with Crippen LogP contribution in [0.3, 0.4) is 0 Å². The van der Waals surface area contributed by atoms with Crippen LogP contribution in [0, 0.1) is 5.92 Å². The second-order valence-corrected chi connectivity index (χ2v) is 7.97. The zero-order chi connectivity index (χ0) is 14.9. The summed E-state index contributed by atoms with van der Waals surface area (Å²) >= 11 is 0. The van der Waals surface area contributed by atoms with Gasteiger partial charge in [-0.15, -0.1) is 0 Å². The van der Waals surface area contributed by atoms with Crippen molar-refractivity contribution in [3.8, 4) is 0 Å². The minimum atomic E-state index is -3.09. The molecule has 1 aliphatic carbocycles. The predicted octanol–water partition coefficient (Wildman–Crippen LogP) is 0.592. The molecule has 3 atom stereocenters. The first-order chi connectivity index (χ1) is 9.29. The summed E-state index contributed by atoms with van der Waals surface area (Å²) in [6, 6.07) is -0.716. The summed E-state index contributed by atoms with van der Waals surface area (Å²) in [5, 5.41) is 3.60. The number of ketones is 1. The maximum Gasteiger partial charge on any atom is 0.157 e. The average molecular weight is 299 g/mol. The van der Waals surface area contributed by atoms with Gasteiger partial charge in [0.15, 0.2) is 5.78 Å². The third kappa shape index (κ3) is 3.27. The Kier molecular flexibility index (Phi) is 4.29. The standard InChI is InChI=1S/C13H21N3O3S/c1-16-8-10(7-15-16)12(14)13(17)9-4-3-5-11(6-9)20(2,18)19/h7-9,11-12H,3-6,14H2,1-2H3. The minimum Gasteiger partial charge on any atom is -0.318 e. The van der Waals surface area contributed by atoms with E-state index in [0.29, 0.717) is 18.4 Å². The van der Waals surface area contributed by atoms with Crippen molar-refractivity contribution in [3.05, 3.63) is 18.0 Å². The van der Waals surface area contributed by atoms with Crippen LogP contribution < -0.4 is 5.73 Å². The molecule has 0 spiro atoms. The van der Waals surface area contributed by atoms with Gasteiger partial charge in [0.2, 0.25) is 0 Å². The fourth-order valence-corrected chi connectivity index (χ4v) is 3.99. The molecule has 2 N–H and O–H groups in total. The van der Waals surface area contributed by atoms with Crippen molar-refractivity contribution in [2.24, 2.45) is 18.7 Å². The molecule has 0 bridgehead atoms. The molecule has 20 heavy (non-hydrogen) atoms. The molecule has 1 saturated carbocycles. The predicted molar refractivity (Wildman–Crippen MR) is 75.7 cm³/mol. The highest BCUT2D eigenvalue weighted by Gasteiger charge is 2.34. The maximum atomic E-state index is 12.4. The lowest BCUT2D eigenvalue weighted by molar-refractivity contribution is -0.125. The molecule has 0 saturated heterocycles. The number of nitrogens with two attached hydrogens (primary N) is 1. The molecule has 1 aromatic rings. The number of carbonyl (C=O) groups excluding carboxylic acids is 1. The number of hydrogen-bond donors (Lipinski definition) is 1. The van der Waals surface area contributed by atoms with Gasteiger partial charge >= 0.3 is 0 Å². The fourth-order valence-electron chi connectivity index (χ4n) is 2.81. The molecule has 1 fully saturated rings. The molecular weight excluding hydrogens is 278 g/mol. The Morgan fingerprint density at radius 2 is 2.20 bits per heavy atom. The topological polar surface area (TPSA) is 95.0 Å². The molecule has 0 aromatic carbocycles. The van der Waals surface area contributed by atoms with Gasteiger partial charge in [-0.05, 0) is 19.3 Å². The highest BCUT2D eigenvalue weighted by atomic mass is 32.2. The van der Waals surface area contributed by atoms with E-state index in [-0.39, 0.29) is 11.7 Å². The molecule has 7 heteroatoms. The average Bonchev–Trinajstić information content (AvgIpc) is 2.83. The lowest BCUT2D eigenvalue weighted by Gasteiger charge is -2.28. The molecule has 2 rings (SSSR count). The third-order valence-electron chi connectivity index (χ3n) is 4.02. The number of aryl methyl sites for hydroxylation is 1. The Balaban J connectivity index is 2.09. The van der Waals surface area contributed by atoms with Gasteiger partial charge < -0.3 is 5.73 Å². The van der Waals surface area contributed by atoms with Gasteiger partial charge in [-0.1, -0.05) is 6.42 Å². The minimum absolute atomic E-state index is 0.0775. The number of carbonyl (C=O) groups is 1. The van der Waals surface area contributed by atoms with Crippen LogP contribution in [0.5, 0.6) is 0 Å². The number of Topliss-reactive ketones (excluding diaryl/α,β-unsaturated/α-hetero) is 1. The Hall–Kier alpha value is -1.21. The van der Waals surface area contributed by atoms with Gasteiger partial charge in [0.1, 0.15) is 9.84 Å². The van der Waals surface area contributed by atoms with Crippen LogP contribution in [0.4, 0.5) is 0 Å². The van der Waals surface area contributed by atoms with Gasteiger partial charge in [0, 0.05) is 31.0 Å². The van der Waals surface area contributed by atoms with E-state index in [0.717, 1.165) is 12.8 Å². The first-order valence-electron chi connectivity index (χ1n) is 6.75. The summed E-state index contributed by atoms with van der Waals surface area (Å²) in [6.45, 7) is 0. The Morgan fingerprint density at radius 3 is 2.75 bits per heavy atom. The molecule has 0 aliphatic heterocycles. The lowest BCUT2D eigenvalue weighted by atomic mass is 9.82. The molecule has 0 amide bonds. The quantitative estimate of drug-likeness (QED) is 0.878. The van der Waals surface area contributed by atoms with Crippen LogP contribution in [-0.2, 0) is 21.7 Å². The van der Waals surface area contributed by atoms with E-state index in [4.69, 9.17) is 5.73 Å². The molecule has 6 nitrogen and oxygen atoms in total. The highest BCUT2D eigenvalue weighted by Crippen LogP contribution is 2.31. The van der Waals surface area contributed by atoms with Crippen LogP contribution in [-0.4, -0.2) is 35.5 Å². The number of rotatable bonds is 4. The van der Waals surface area contributed by atoms with Crippen molar-refractivity contribution >= 4 is 15.6 Å². The summed E-state index contributed by atoms with van der Waals surface area (Å²) in [4.78, 5) is 12.4. The van der Waals surface area contributed by atoms with Crippen molar-refractivity contribution < 1.29 is 13.2 Å². The Labute approximate surface area is 119 Å². The van der Waals surface area contributed by atoms with E-state index in [1.54, 1.807) is 24.1 Å². The van der Waals surface area contributed by atoms with E-state index in [2.05, 4.69) is 5.10 Å². The van der Waals surface area contributed by atoms with E-state index in [9.17, 15) is 13.2 Å². The van der Waals surface area contributed by atoms with Crippen molar-refractivity contribution in [2.75, 3.05) is 6.26 Å². The molecule has 1 heterocycles. The van der Waals surface area contributed by atoms with Gasteiger partial charge in [-0.2, -0.15) is 5.10 Å². The lowest BCUT2D eigenvalue weighted by Crippen LogP contribution is -2.35. The van der Waals surface area contributed by atoms with Crippen molar-refractivity contribution in [2.45, 2.75) is 37.0 Å². The van der Waals surface area contributed by atoms with Crippen LogP contribution in [0.2, 0.25) is 0 Å². The monoisotopic (exact) mass is 299 g/mol. The maximum absolute atomic E-state index is 12.4. The first kappa shape index (κ1) is 15.2. The summed E-state index contributed by atoms with van der Waals surface area (Å²) in [6.07, 6.45) is 7.06. The molecule has 1 aromatic heterocycles. The van der Waals surface area contributed by atoms with Gasteiger partial charge in [-0.25, -0.2) is 8.42 Å². The molecule has 112 valence electrons. The highest BCUT2D eigenvalue weighted by molar-refractivity contribution is 7.91. The first-order valence-corrected chi connectivity index (χ1v) is 8.71. The number of sulfone groups is 1. The van der Waals surface area contributed by atoms with Crippen LogP contribution in [0.1, 0.15) is 37.3 Å². The smallest absolute Gasteiger partial charge is 0.157 e. The second kappa shape index (κ2) is 5.65. The number of aromatic nitrogens is 2. The SMILES string of the molecule is Cn1cc(C(N)C(=O)C2CCCC(S(C)(=O)=O)C2)cn1. The Bertz CT molecular complexity index is 594. The van der Waals surface area contributed by atoms with E-state index >= 15 is 0 Å². The fraction of sp³-hybridized carbons (Fsp3) is 0.692. The van der Waals surface area contributed by atoms with Crippen molar-refractivity contribution in [3.63, 3.8) is 0 Å². The largest absolute Gasteiger partial charge is 0.318 e. The van der Waals surface area contributed by atoms with E-state index < -0.39 is 21.1 Å². The molecular formula is C13H21N3O3S. The van der Waals surface area contributed by atoms with Gasteiger partial charge in [0.05, 0.1) is 17.5 Å². The van der Waals surface area contributed by atoms with Crippen LogP contribution >= 0.6 is 0 Å². The number of nitrogens with zero attached hydrogens (tertiary/aromatic N) is 2.